The summed E-state index contributed by atoms with van der Waals surface area (Å²) in [6, 6.07) is 0. The number of hydrogen-bond donors (Lipinski definition) is 1. The van der Waals surface area contributed by atoms with Crippen LogP contribution in [0.5, 0.6) is 0 Å². The van der Waals surface area contributed by atoms with Gasteiger partial charge >= 0.3 is 0 Å². The van der Waals surface area contributed by atoms with E-state index < -0.39 is 0 Å². The van der Waals surface area contributed by atoms with E-state index in [1.54, 1.807) is 12.4 Å². The zero-order valence-corrected chi connectivity index (χ0v) is 8.80. The minimum Gasteiger partial charge on any atom is -0.369 e. The van der Waals surface area contributed by atoms with Crippen LogP contribution in [0.1, 0.15) is 25.7 Å². The maximum atomic E-state index is 5.71. The fourth-order valence-electron chi connectivity index (χ4n) is 1.61. The van der Waals surface area contributed by atoms with Gasteiger partial charge in [-0.15, -0.1) is 0 Å². The number of nitrogens with zero attached hydrogens (tertiary/aromatic N) is 2. The van der Waals surface area contributed by atoms with Gasteiger partial charge in [-0.25, -0.2) is 4.98 Å². The zero-order chi connectivity index (χ0) is 9.80. The van der Waals surface area contributed by atoms with Crippen molar-refractivity contribution in [3.63, 3.8) is 0 Å². The van der Waals surface area contributed by atoms with Crippen LogP contribution in [0, 0.1) is 5.92 Å². The highest BCUT2D eigenvalue weighted by molar-refractivity contribution is 6.29. The summed E-state index contributed by atoms with van der Waals surface area (Å²) >= 11 is 5.71. The Kier molecular flexibility index (Phi) is 3.19. The average molecular weight is 212 g/mol. The fraction of sp³-hybridized carbons (Fsp3) is 0.600. The molecule has 1 aromatic heterocycles. The van der Waals surface area contributed by atoms with Gasteiger partial charge < -0.3 is 5.32 Å². The molecule has 0 saturated heterocycles. The number of anilines is 1. The molecular weight excluding hydrogens is 198 g/mol. The second-order valence-electron chi connectivity index (χ2n) is 3.74. The number of nitrogens with one attached hydrogen (secondary N) is 1. The van der Waals surface area contributed by atoms with Gasteiger partial charge in [0.15, 0.2) is 0 Å². The van der Waals surface area contributed by atoms with Crippen molar-refractivity contribution < 1.29 is 0 Å². The third-order valence-electron chi connectivity index (χ3n) is 2.69. The Balaban J connectivity index is 1.74. The molecule has 3 nitrogen and oxygen atoms in total. The quantitative estimate of drug-likeness (QED) is 0.832. The van der Waals surface area contributed by atoms with Crippen LogP contribution in [-0.2, 0) is 0 Å². The molecule has 1 fully saturated rings. The SMILES string of the molecule is Clc1cncc(NCCC2CCC2)n1. The average Bonchev–Trinajstić information content (AvgIpc) is 2.09. The Hall–Kier alpha value is -0.830. The van der Waals surface area contributed by atoms with Gasteiger partial charge in [-0.1, -0.05) is 30.9 Å². The van der Waals surface area contributed by atoms with Crippen LogP contribution >= 0.6 is 11.6 Å². The molecule has 0 unspecified atom stereocenters. The van der Waals surface area contributed by atoms with Crippen molar-refractivity contribution in [2.75, 3.05) is 11.9 Å². The van der Waals surface area contributed by atoms with Gasteiger partial charge in [0.2, 0.25) is 0 Å². The molecule has 0 amide bonds. The summed E-state index contributed by atoms with van der Waals surface area (Å²) in [4.78, 5) is 8.06. The highest BCUT2D eigenvalue weighted by Gasteiger charge is 2.16. The van der Waals surface area contributed by atoms with Crippen molar-refractivity contribution in [3.8, 4) is 0 Å². The van der Waals surface area contributed by atoms with Crippen LogP contribution in [0.15, 0.2) is 12.4 Å². The van der Waals surface area contributed by atoms with Gasteiger partial charge in [0.1, 0.15) is 11.0 Å². The van der Waals surface area contributed by atoms with E-state index in [2.05, 4.69) is 15.3 Å². The third-order valence-corrected chi connectivity index (χ3v) is 2.87. The summed E-state index contributed by atoms with van der Waals surface area (Å²) < 4.78 is 0. The summed E-state index contributed by atoms with van der Waals surface area (Å²) in [6.45, 7) is 0.972. The molecule has 2 rings (SSSR count). The summed E-state index contributed by atoms with van der Waals surface area (Å²) in [6.07, 6.45) is 8.66. The van der Waals surface area contributed by atoms with Gasteiger partial charge in [0.05, 0.1) is 12.4 Å². The lowest BCUT2D eigenvalue weighted by Crippen LogP contribution is -2.16. The molecule has 1 heterocycles. The predicted octanol–water partition coefficient (Wildman–Crippen LogP) is 2.73. The zero-order valence-electron chi connectivity index (χ0n) is 8.04. The second kappa shape index (κ2) is 4.60. The Labute approximate surface area is 88.9 Å². The van der Waals surface area contributed by atoms with E-state index in [9.17, 15) is 0 Å². The lowest BCUT2D eigenvalue weighted by atomic mass is 9.83. The molecular formula is C10H14ClN3. The van der Waals surface area contributed by atoms with E-state index >= 15 is 0 Å². The van der Waals surface area contributed by atoms with E-state index in [4.69, 9.17) is 11.6 Å². The van der Waals surface area contributed by atoms with E-state index in [1.807, 2.05) is 0 Å². The minimum absolute atomic E-state index is 0.443. The molecule has 1 N–H and O–H groups in total. The van der Waals surface area contributed by atoms with Crippen LogP contribution < -0.4 is 5.32 Å². The molecule has 1 aliphatic carbocycles. The molecule has 1 aromatic rings. The normalized spacial score (nSPS) is 16.4. The first kappa shape index (κ1) is 9.71. The Bertz CT molecular complexity index is 299. The number of hydrogen-bond acceptors (Lipinski definition) is 3. The molecule has 0 radical (unpaired) electrons. The Morgan fingerprint density at radius 2 is 2.29 bits per heavy atom. The van der Waals surface area contributed by atoms with Gasteiger partial charge in [0.25, 0.3) is 0 Å². The maximum absolute atomic E-state index is 5.71. The Morgan fingerprint density at radius 1 is 1.43 bits per heavy atom. The molecule has 1 saturated carbocycles. The van der Waals surface area contributed by atoms with E-state index in [1.165, 1.54) is 25.7 Å². The monoisotopic (exact) mass is 211 g/mol. The van der Waals surface area contributed by atoms with E-state index in [-0.39, 0.29) is 0 Å². The number of halogens is 1. The van der Waals surface area contributed by atoms with Crippen molar-refractivity contribution >= 4 is 17.4 Å². The molecule has 1 aliphatic rings. The highest BCUT2D eigenvalue weighted by Crippen LogP contribution is 2.29. The van der Waals surface area contributed by atoms with E-state index in [0.717, 1.165) is 18.3 Å². The van der Waals surface area contributed by atoms with Crippen molar-refractivity contribution in [1.82, 2.24) is 9.97 Å². The molecule has 0 aromatic carbocycles. The summed E-state index contributed by atoms with van der Waals surface area (Å²) in [7, 11) is 0. The molecule has 0 aliphatic heterocycles. The van der Waals surface area contributed by atoms with Crippen LogP contribution in [0.3, 0.4) is 0 Å². The molecule has 0 atom stereocenters. The smallest absolute Gasteiger partial charge is 0.149 e. The van der Waals surface area contributed by atoms with Crippen molar-refractivity contribution in [3.05, 3.63) is 17.5 Å². The summed E-state index contributed by atoms with van der Waals surface area (Å²) in [5, 5.41) is 3.67. The first-order valence-corrected chi connectivity index (χ1v) is 5.44. The first-order chi connectivity index (χ1) is 6.84. The lowest BCUT2D eigenvalue weighted by molar-refractivity contribution is 0.303. The topological polar surface area (TPSA) is 37.8 Å². The minimum atomic E-state index is 0.443. The van der Waals surface area contributed by atoms with E-state index in [0.29, 0.717) is 5.15 Å². The van der Waals surface area contributed by atoms with Gasteiger partial charge in [-0.2, -0.15) is 0 Å². The van der Waals surface area contributed by atoms with Crippen LogP contribution in [-0.4, -0.2) is 16.5 Å². The summed E-state index contributed by atoms with van der Waals surface area (Å²) in [5.41, 5.74) is 0. The molecule has 14 heavy (non-hydrogen) atoms. The third kappa shape index (κ3) is 2.58. The molecule has 0 spiro atoms. The first-order valence-electron chi connectivity index (χ1n) is 5.06. The maximum Gasteiger partial charge on any atom is 0.149 e. The van der Waals surface area contributed by atoms with Crippen molar-refractivity contribution in [2.24, 2.45) is 5.92 Å². The largest absolute Gasteiger partial charge is 0.369 e. The fourth-order valence-corrected chi connectivity index (χ4v) is 1.76. The standard InChI is InChI=1S/C10H14ClN3/c11-9-6-12-7-10(14-9)13-5-4-8-2-1-3-8/h6-8H,1-5H2,(H,13,14). The van der Waals surface area contributed by atoms with Crippen LogP contribution in [0.25, 0.3) is 0 Å². The second-order valence-corrected chi connectivity index (χ2v) is 4.13. The number of rotatable bonds is 4. The predicted molar refractivity (Wildman–Crippen MR) is 57.5 cm³/mol. The Morgan fingerprint density at radius 3 is 2.93 bits per heavy atom. The van der Waals surface area contributed by atoms with Crippen molar-refractivity contribution in [2.45, 2.75) is 25.7 Å². The van der Waals surface area contributed by atoms with Gasteiger partial charge in [-0.05, 0) is 12.3 Å². The van der Waals surface area contributed by atoms with Crippen molar-refractivity contribution in [1.29, 1.82) is 0 Å². The lowest BCUT2D eigenvalue weighted by Gasteiger charge is -2.25. The molecule has 0 bridgehead atoms. The molecule has 4 heteroatoms. The van der Waals surface area contributed by atoms with Gasteiger partial charge in [-0.3, -0.25) is 4.98 Å². The van der Waals surface area contributed by atoms with Crippen LogP contribution in [0.2, 0.25) is 5.15 Å². The van der Waals surface area contributed by atoms with Gasteiger partial charge in [0, 0.05) is 6.54 Å². The number of aromatic nitrogens is 2. The van der Waals surface area contributed by atoms with Crippen LogP contribution in [0.4, 0.5) is 5.82 Å². The highest BCUT2D eigenvalue weighted by atomic mass is 35.5. The molecule has 76 valence electrons. The summed E-state index contributed by atoms with van der Waals surface area (Å²) in [5.74, 6) is 1.70.